The molecular formula is C29H29BrN4O4S2. The predicted octanol–water partition coefficient (Wildman–Crippen LogP) is 5.18. The van der Waals surface area contributed by atoms with Gasteiger partial charge < -0.3 is 4.74 Å². The van der Waals surface area contributed by atoms with Crippen LogP contribution in [0.15, 0.2) is 76.1 Å². The quantitative estimate of drug-likeness (QED) is 0.264. The third kappa shape index (κ3) is 5.53. The molecule has 0 radical (unpaired) electrons. The molecule has 1 saturated heterocycles. The van der Waals surface area contributed by atoms with Crippen LogP contribution in [0.3, 0.4) is 0 Å². The molecule has 2 aliphatic rings. The van der Waals surface area contributed by atoms with Gasteiger partial charge in [-0.05, 0) is 66.9 Å². The monoisotopic (exact) mass is 640 g/mol. The van der Waals surface area contributed by atoms with Crippen LogP contribution in [0.25, 0.3) is 10.2 Å². The molecule has 1 aromatic heterocycles. The first-order valence-electron chi connectivity index (χ1n) is 13.3. The predicted molar refractivity (Wildman–Crippen MR) is 162 cm³/mol. The van der Waals surface area contributed by atoms with Gasteiger partial charge in [-0.2, -0.15) is 0 Å². The lowest BCUT2D eigenvalue weighted by atomic mass is 10.2. The van der Waals surface area contributed by atoms with Crippen molar-refractivity contribution in [3.05, 3.63) is 82.3 Å². The minimum absolute atomic E-state index is 0.171. The summed E-state index contributed by atoms with van der Waals surface area (Å²) in [6, 6.07) is 19.7. The van der Waals surface area contributed by atoms with Crippen molar-refractivity contribution in [1.29, 1.82) is 0 Å². The molecule has 11 heteroatoms. The Balaban J connectivity index is 1.24. The van der Waals surface area contributed by atoms with Crippen molar-refractivity contribution < 1.29 is 17.9 Å². The van der Waals surface area contributed by atoms with Gasteiger partial charge in [0.15, 0.2) is 5.13 Å². The molecule has 0 spiro atoms. The van der Waals surface area contributed by atoms with Crippen LogP contribution in [0.2, 0.25) is 0 Å². The Hall–Kier alpha value is -2.83. The average molecular weight is 642 g/mol. The van der Waals surface area contributed by atoms with E-state index < -0.39 is 10.0 Å². The molecule has 6 rings (SSSR count). The molecule has 4 aromatic rings. The minimum atomic E-state index is -3.74. The summed E-state index contributed by atoms with van der Waals surface area (Å²) < 4.78 is 35.8. The summed E-state index contributed by atoms with van der Waals surface area (Å²) in [6.07, 6.45) is 1.47. The number of thiazole rings is 1. The number of hydrogen-bond acceptors (Lipinski definition) is 7. The van der Waals surface area contributed by atoms with E-state index in [4.69, 9.17) is 9.72 Å². The van der Waals surface area contributed by atoms with Crippen LogP contribution < -0.4 is 9.21 Å². The van der Waals surface area contributed by atoms with Gasteiger partial charge in [0.05, 0.1) is 34.0 Å². The van der Waals surface area contributed by atoms with Crippen molar-refractivity contribution in [2.45, 2.75) is 17.7 Å². The van der Waals surface area contributed by atoms with E-state index in [2.05, 4.69) is 20.8 Å². The number of carbonyl (C=O) groups excluding carboxylic acids is 1. The second-order valence-electron chi connectivity index (χ2n) is 9.85. The third-order valence-corrected chi connectivity index (χ3v) is 10.7. The summed E-state index contributed by atoms with van der Waals surface area (Å²) in [5.74, 6) is -0.199. The summed E-state index contributed by atoms with van der Waals surface area (Å²) in [5.41, 5.74) is 3.00. The van der Waals surface area contributed by atoms with Gasteiger partial charge in [-0.1, -0.05) is 45.5 Å². The zero-order valence-corrected chi connectivity index (χ0v) is 25.1. The number of hydrogen-bond donors (Lipinski definition) is 0. The number of nitrogens with zero attached hydrogens (tertiary/aromatic N) is 4. The number of benzene rings is 3. The molecular weight excluding hydrogens is 612 g/mol. The molecule has 0 bridgehead atoms. The molecule has 3 heterocycles. The first kappa shape index (κ1) is 27.3. The number of rotatable bonds is 8. The van der Waals surface area contributed by atoms with Gasteiger partial charge in [0.2, 0.25) is 0 Å². The first-order chi connectivity index (χ1) is 19.4. The molecule has 0 saturated carbocycles. The number of amides is 1. The van der Waals surface area contributed by atoms with Crippen molar-refractivity contribution in [3.63, 3.8) is 0 Å². The topological polar surface area (TPSA) is 83.1 Å². The second kappa shape index (κ2) is 11.6. The lowest BCUT2D eigenvalue weighted by molar-refractivity contribution is 0.0376. The van der Waals surface area contributed by atoms with Crippen LogP contribution in [-0.2, 0) is 21.2 Å². The number of ether oxygens (including phenoxy) is 1. The van der Waals surface area contributed by atoms with E-state index >= 15 is 0 Å². The Bertz CT molecular complexity index is 1640. The minimum Gasteiger partial charge on any atom is -0.379 e. The Labute approximate surface area is 246 Å². The van der Waals surface area contributed by atoms with Crippen molar-refractivity contribution in [3.8, 4) is 0 Å². The number of halogens is 1. The Morgan fingerprint density at radius 3 is 2.60 bits per heavy atom. The molecule has 0 aliphatic carbocycles. The van der Waals surface area contributed by atoms with Crippen LogP contribution in [-0.4, -0.2) is 70.1 Å². The van der Waals surface area contributed by atoms with Crippen LogP contribution in [0.4, 0.5) is 10.8 Å². The lowest BCUT2D eigenvalue weighted by Crippen LogP contribution is -2.39. The molecule has 208 valence electrons. The summed E-state index contributed by atoms with van der Waals surface area (Å²) in [4.78, 5) is 22.8. The Morgan fingerprint density at radius 1 is 1.02 bits per heavy atom. The molecule has 0 N–H and O–H groups in total. The number of fused-ring (bicyclic) bond motifs is 2. The standard InChI is InChI=1S/C29H29BrN4O4S2/c30-23-8-11-25-27(20-23)39-29(31-25)33(14-3-13-32-16-18-38-19-17-32)28(35)22-6-9-24(10-7-22)40(36,37)34-15-12-21-4-1-2-5-26(21)34/h1-2,4-11,20H,3,12-19H2. The van der Waals surface area contributed by atoms with Gasteiger partial charge in [-0.25, -0.2) is 13.4 Å². The highest BCUT2D eigenvalue weighted by atomic mass is 79.9. The molecule has 1 amide bonds. The summed E-state index contributed by atoms with van der Waals surface area (Å²) in [5, 5.41) is 0.630. The fraction of sp³-hybridized carbons (Fsp3) is 0.310. The van der Waals surface area contributed by atoms with Gasteiger partial charge in [0, 0.05) is 42.8 Å². The van der Waals surface area contributed by atoms with E-state index in [-0.39, 0.29) is 10.8 Å². The van der Waals surface area contributed by atoms with E-state index in [1.165, 1.54) is 27.8 Å². The van der Waals surface area contributed by atoms with Gasteiger partial charge in [-0.3, -0.25) is 18.9 Å². The SMILES string of the molecule is O=C(c1ccc(S(=O)(=O)N2CCc3ccccc32)cc1)N(CCCN1CCOCC1)c1nc2ccc(Br)cc2s1. The van der Waals surface area contributed by atoms with Gasteiger partial charge >= 0.3 is 0 Å². The smallest absolute Gasteiger partial charge is 0.264 e. The highest BCUT2D eigenvalue weighted by Crippen LogP contribution is 2.34. The zero-order valence-electron chi connectivity index (χ0n) is 21.8. The van der Waals surface area contributed by atoms with E-state index in [1.807, 2.05) is 42.5 Å². The molecule has 1 fully saturated rings. The van der Waals surface area contributed by atoms with E-state index in [1.54, 1.807) is 17.0 Å². The lowest BCUT2D eigenvalue weighted by Gasteiger charge is -2.27. The number of sulfonamides is 1. The fourth-order valence-corrected chi connectivity index (χ4v) is 8.22. The number of anilines is 2. The van der Waals surface area contributed by atoms with E-state index in [9.17, 15) is 13.2 Å². The summed E-state index contributed by atoms with van der Waals surface area (Å²) in [6.45, 7) is 5.01. The Morgan fingerprint density at radius 2 is 1.80 bits per heavy atom. The largest absolute Gasteiger partial charge is 0.379 e. The maximum atomic E-state index is 13.8. The van der Waals surface area contributed by atoms with Crippen LogP contribution in [0.1, 0.15) is 22.3 Å². The second-order valence-corrected chi connectivity index (χ2v) is 13.6. The van der Waals surface area contributed by atoms with Crippen molar-refractivity contribution in [1.82, 2.24) is 9.88 Å². The maximum absolute atomic E-state index is 13.8. The normalized spacial score (nSPS) is 15.9. The zero-order chi connectivity index (χ0) is 27.7. The number of aromatic nitrogens is 1. The average Bonchev–Trinajstić information content (AvgIpc) is 3.60. The van der Waals surface area contributed by atoms with Gasteiger partial charge in [0.1, 0.15) is 0 Å². The first-order valence-corrected chi connectivity index (χ1v) is 16.3. The third-order valence-electron chi connectivity index (χ3n) is 7.31. The number of carbonyl (C=O) groups is 1. The molecule has 0 atom stereocenters. The molecule has 2 aliphatic heterocycles. The van der Waals surface area contributed by atoms with Crippen molar-refractivity contribution >= 4 is 64.2 Å². The van der Waals surface area contributed by atoms with Gasteiger partial charge in [-0.15, -0.1) is 0 Å². The maximum Gasteiger partial charge on any atom is 0.264 e. The fourth-order valence-electron chi connectivity index (χ4n) is 5.17. The van der Waals surface area contributed by atoms with E-state index in [0.717, 1.165) is 65.2 Å². The van der Waals surface area contributed by atoms with Crippen LogP contribution >= 0.6 is 27.3 Å². The molecule has 0 unspecified atom stereocenters. The summed E-state index contributed by atoms with van der Waals surface area (Å²) >= 11 is 4.99. The van der Waals surface area contributed by atoms with E-state index in [0.29, 0.717) is 30.2 Å². The van der Waals surface area contributed by atoms with Crippen LogP contribution in [0.5, 0.6) is 0 Å². The van der Waals surface area contributed by atoms with Crippen LogP contribution in [0, 0.1) is 0 Å². The highest BCUT2D eigenvalue weighted by Gasteiger charge is 2.31. The number of para-hydroxylation sites is 1. The van der Waals surface area contributed by atoms with Crippen molar-refractivity contribution in [2.24, 2.45) is 0 Å². The molecule has 8 nitrogen and oxygen atoms in total. The van der Waals surface area contributed by atoms with Gasteiger partial charge in [0.25, 0.3) is 15.9 Å². The Kier molecular flexibility index (Phi) is 7.91. The summed E-state index contributed by atoms with van der Waals surface area (Å²) in [7, 11) is -3.74. The number of morpholine rings is 1. The molecule has 40 heavy (non-hydrogen) atoms. The molecule has 3 aromatic carbocycles. The highest BCUT2D eigenvalue weighted by molar-refractivity contribution is 9.10. The van der Waals surface area contributed by atoms with Crippen molar-refractivity contribution in [2.75, 3.05) is 55.1 Å².